The smallest absolute Gasteiger partial charge is 0.161 e. The molecular formula is C16H20N4O. The van der Waals surface area contributed by atoms with Crippen molar-refractivity contribution < 1.29 is 4.74 Å². The molecule has 1 aromatic carbocycles. The molecule has 0 aliphatic carbocycles. The average molecular weight is 284 g/mol. The van der Waals surface area contributed by atoms with Gasteiger partial charge in [-0.2, -0.15) is 0 Å². The first-order valence-corrected chi connectivity index (χ1v) is 7.24. The van der Waals surface area contributed by atoms with Crippen molar-refractivity contribution in [2.24, 2.45) is 0 Å². The molecule has 3 rings (SSSR count). The summed E-state index contributed by atoms with van der Waals surface area (Å²) in [6, 6.07) is 11.9. The van der Waals surface area contributed by atoms with E-state index in [0.717, 1.165) is 43.4 Å². The number of likely N-dealkylation sites (N-methyl/N-ethyl adjacent to an activating group) is 1. The molecule has 2 aromatic rings. The largest absolute Gasteiger partial charge is 0.374 e. The number of aromatic nitrogens is 2. The summed E-state index contributed by atoms with van der Waals surface area (Å²) in [5.41, 5.74) is 1.02. The summed E-state index contributed by atoms with van der Waals surface area (Å²) in [5, 5.41) is 3.34. The van der Waals surface area contributed by atoms with Gasteiger partial charge in [0.15, 0.2) is 5.82 Å². The number of ether oxygens (including phenoxy) is 1. The molecule has 5 nitrogen and oxygen atoms in total. The maximum atomic E-state index is 5.74. The minimum absolute atomic E-state index is 0.207. The van der Waals surface area contributed by atoms with E-state index in [4.69, 9.17) is 4.74 Å². The predicted octanol–water partition coefficient (Wildman–Crippen LogP) is 1.89. The van der Waals surface area contributed by atoms with Crippen LogP contribution in [0.4, 0.5) is 5.82 Å². The Balaban J connectivity index is 1.64. The zero-order valence-electron chi connectivity index (χ0n) is 12.2. The molecular weight excluding hydrogens is 264 g/mol. The maximum absolute atomic E-state index is 5.74. The highest BCUT2D eigenvalue weighted by Gasteiger charge is 2.17. The highest BCUT2D eigenvalue weighted by molar-refractivity contribution is 5.56. The number of hydrogen-bond donors (Lipinski definition) is 1. The molecule has 0 spiro atoms. The van der Waals surface area contributed by atoms with Gasteiger partial charge in [0, 0.05) is 31.4 Å². The number of anilines is 1. The lowest BCUT2D eigenvalue weighted by Crippen LogP contribution is -2.43. The van der Waals surface area contributed by atoms with Crippen molar-refractivity contribution >= 4 is 5.82 Å². The Morgan fingerprint density at radius 2 is 2.14 bits per heavy atom. The quantitative estimate of drug-likeness (QED) is 0.929. The molecule has 21 heavy (non-hydrogen) atoms. The standard InChI is InChI=1S/C16H20N4O/c1-20-9-10-21-14(12-20)11-18-15-7-8-17-16(19-15)13-5-3-2-4-6-13/h2-8,14H,9-12H2,1H3,(H,17,18,19)/t14-/m0/s1. The molecule has 1 aliphatic heterocycles. The fraction of sp³-hybridized carbons (Fsp3) is 0.375. The van der Waals surface area contributed by atoms with Gasteiger partial charge in [0.05, 0.1) is 12.7 Å². The Bertz CT molecular complexity index is 575. The zero-order valence-corrected chi connectivity index (χ0v) is 12.2. The lowest BCUT2D eigenvalue weighted by atomic mass is 10.2. The molecule has 0 bridgehead atoms. The monoisotopic (exact) mass is 284 g/mol. The van der Waals surface area contributed by atoms with E-state index in [1.165, 1.54) is 0 Å². The summed E-state index contributed by atoms with van der Waals surface area (Å²) in [6.07, 6.45) is 1.99. The van der Waals surface area contributed by atoms with E-state index < -0.39 is 0 Å². The summed E-state index contributed by atoms with van der Waals surface area (Å²) in [7, 11) is 2.12. The molecule has 1 fully saturated rings. The van der Waals surface area contributed by atoms with Crippen LogP contribution in [0.1, 0.15) is 0 Å². The second kappa shape index (κ2) is 6.65. The number of hydrogen-bond acceptors (Lipinski definition) is 5. The van der Waals surface area contributed by atoms with Crippen molar-refractivity contribution in [3.8, 4) is 11.4 Å². The second-order valence-electron chi connectivity index (χ2n) is 5.27. The molecule has 0 radical (unpaired) electrons. The molecule has 1 N–H and O–H groups in total. The van der Waals surface area contributed by atoms with Crippen molar-refractivity contribution in [1.29, 1.82) is 0 Å². The van der Waals surface area contributed by atoms with Crippen LogP contribution in [0.3, 0.4) is 0 Å². The summed E-state index contributed by atoms with van der Waals surface area (Å²) in [6.45, 7) is 3.50. The van der Waals surface area contributed by atoms with Crippen LogP contribution in [-0.2, 0) is 4.74 Å². The first-order chi connectivity index (χ1) is 10.3. The van der Waals surface area contributed by atoms with Gasteiger partial charge in [0.25, 0.3) is 0 Å². The summed E-state index contributed by atoms with van der Waals surface area (Å²) in [4.78, 5) is 11.2. The van der Waals surface area contributed by atoms with Gasteiger partial charge < -0.3 is 15.0 Å². The molecule has 110 valence electrons. The maximum Gasteiger partial charge on any atom is 0.161 e. The van der Waals surface area contributed by atoms with Crippen LogP contribution in [0, 0.1) is 0 Å². The van der Waals surface area contributed by atoms with Gasteiger partial charge in [-0.25, -0.2) is 9.97 Å². The van der Waals surface area contributed by atoms with Crippen LogP contribution < -0.4 is 5.32 Å². The first kappa shape index (κ1) is 14.0. The van der Waals surface area contributed by atoms with E-state index in [9.17, 15) is 0 Å². The average Bonchev–Trinajstić information content (AvgIpc) is 2.54. The fourth-order valence-corrected chi connectivity index (χ4v) is 2.39. The van der Waals surface area contributed by atoms with Crippen LogP contribution in [-0.4, -0.2) is 54.3 Å². The normalized spacial score (nSPS) is 19.4. The van der Waals surface area contributed by atoms with Crippen LogP contribution in [0.15, 0.2) is 42.6 Å². The van der Waals surface area contributed by atoms with E-state index in [2.05, 4.69) is 27.2 Å². The third kappa shape index (κ3) is 3.77. The summed E-state index contributed by atoms with van der Waals surface area (Å²) in [5.74, 6) is 1.57. The molecule has 1 atom stereocenters. The molecule has 0 amide bonds. The zero-order chi connectivity index (χ0) is 14.5. The number of morpholine rings is 1. The third-order valence-corrected chi connectivity index (χ3v) is 3.54. The Kier molecular flexibility index (Phi) is 4.43. The Labute approximate surface area is 125 Å². The van der Waals surface area contributed by atoms with E-state index in [1.54, 1.807) is 6.20 Å². The van der Waals surface area contributed by atoms with Crippen LogP contribution in [0.5, 0.6) is 0 Å². The number of nitrogens with one attached hydrogen (secondary N) is 1. The molecule has 2 heterocycles. The molecule has 0 unspecified atom stereocenters. The van der Waals surface area contributed by atoms with Gasteiger partial charge in [-0.15, -0.1) is 0 Å². The van der Waals surface area contributed by atoms with E-state index in [1.807, 2.05) is 36.4 Å². The van der Waals surface area contributed by atoms with Crippen LogP contribution in [0.2, 0.25) is 0 Å². The van der Waals surface area contributed by atoms with Gasteiger partial charge in [-0.05, 0) is 13.1 Å². The number of rotatable bonds is 4. The lowest BCUT2D eigenvalue weighted by molar-refractivity contribution is -0.0117. The molecule has 1 saturated heterocycles. The second-order valence-corrected chi connectivity index (χ2v) is 5.27. The van der Waals surface area contributed by atoms with Crippen molar-refractivity contribution in [2.45, 2.75) is 6.10 Å². The van der Waals surface area contributed by atoms with Crippen molar-refractivity contribution in [2.75, 3.05) is 38.6 Å². The van der Waals surface area contributed by atoms with E-state index >= 15 is 0 Å². The summed E-state index contributed by atoms with van der Waals surface area (Å²) >= 11 is 0. The molecule has 1 aromatic heterocycles. The van der Waals surface area contributed by atoms with Crippen LogP contribution in [0.25, 0.3) is 11.4 Å². The minimum Gasteiger partial charge on any atom is -0.374 e. The molecule has 1 aliphatic rings. The Hall–Kier alpha value is -1.98. The van der Waals surface area contributed by atoms with Gasteiger partial charge in [0.1, 0.15) is 5.82 Å². The minimum atomic E-state index is 0.207. The Morgan fingerprint density at radius 3 is 2.95 bits per heavy atom. The van der Waals surface area contributed by atoms with Gasteiger partial charge in [-0.1, -0.05) is 30.3 Å². The molecule has 5 heteroatoms. The van der Waals surface area contributed by atoms with Crippen molar-refractivity contribution in [3.63, 3.8) is 0 Å². The third-order valence-electron chi connectivity index (χ3n) is 3.54. The SMILES string of the molecule is CN1CCO[C@@H](CNc2ccnc(-c3ccccc3)n2)C1. The van der Waals surface area contributed by atoms with Crippen molar-refractivity contribution in [1.82, 2.24) is 14.9 Å². The van der Waals surface area contributed by atoms with Gasteiger partial charge in [-0.3, -0.25) is 0 Å². The van der Waals surface area contributed by atoms with Gasteiger partial charge >= 0.3 is 0 Å². The van der Waals surface area contributed by atoms with E-state index in [-0.39, 0.29) is 6.10 Å². The van der Waals surface area contributed by atoms with Gasteiger partial charge in [0.2, 0.25) is 0 Å². The highest BCUT2D eigenvalue weighted by Crippen LogP contribution is 2.15. The fourth-order valence-electron chi connectivity index (χ4n) is 2.39. The van der Waals surface area contributed by atoms with E-state index in [0.29, 0.717) is 0 Å². The number of benzene rings is 1. The topological polar surface area (TPSA) is 50.3 Å². The predicted molar refractivity (Wildman–Crippen MR) is 83.2 cm³/mol. The van der Waals surface area contributed by atoms with Crippen molar-refractivity contribution in [3.05, 3.63) is 42.6 Å². The first-order valence-electron chi connectivity index (χ1n) is 7.24. The highest BCUT2D eigenvalue weighted by atomic mass is 16.5. The Morgan fingerprint density at radius 1 is 1.29 bits per heavy atom. The summed E-state index contributed by atoms with van der Waals surface area (Å²) < 4.78 is 5.74. The lowest BCUT2D eigenvalue weighted by Gasteiger charge is -2.30. The number of nitrogens with zero attached hydrogens (tertiary/aromatic N) is 3. The van der Waals surface area contributed by atoms with Crippen LogP contribution >= 0.6 is 0 Å². The molecule has 0 saturated carbocycles.